The molecule has 0 fully saturated rings. The van der Waals surface area contributed by atoms with Crippen molar-refractivity contribution in [1.29, 1.82) is 0 Å². The van der Waals surface area contributed by atoms with Crippen LogP contribution in [0, 0.1) is 0 Å². The number of hydrogen-bond acceptors (Lipinski definition) is 3. The number of thioether (sulfide) groups is 1. The van der Waals surface area contributed by atoms with Gasteiger partial charge in [0.05, 0.1) is 12.8 Å². The lowest BCUT2D eigenvalue weighted by Gasteiger charge is -2.17. The second-order valence-electron chi connectivity index (χ2n) is 4.00. The van der Waals surface area contributed by atoms with Crippen molar-refractivity contribution in [3.63, 3.8) is 0 Å². The van der Waals surface area contributed by atoms with Crippen molar-refractivity contribution in [2.75, 3.05) is 6.61 Å². The molecule has 1 rings (SSSR count). The molecular weight excluding hydrogens is 194 g/mol. The van der Waals surface area contributed by atoms with E-state index in [1.165, 1.54) is 0 Å². The summed E-state index contributed by atoms with van der Waals surface area (Å²) in [6.45, 7) is 9.22. The first kappa shape index (κ1) is 11.4. The third-order valence-corrected chi connectivity index (χ3v) is 2.49. The molecule has 0 radical (unpaired) electrons. The quantitative estimate of drug-likeness (QED) is 0.716. The van der Waals surface area contributed by atoms with Gasteiger partial charge in [-0.2, -0.15) is 0 Å². The van der Waals surface area contributed by atoms with Crippen molar-refractivity contribution >= 4 is 11.8 Å². The minimum absolute atomic E-state index is 0.215. The predicted molar refractivity (Wildman–Crippen MR) is 61.0 cm³/mol. The lowest BCUT2D eigenvalue weighted by molar-refractivity contribution is 0.338. The Balaban J connectivity index is 2.73. The third kappa shape index (κ3) is 4.01. The van der Waals surface area contributed by atoms with E-state index in [4.69, 9.17) is 4.74 Å². The van der Waals surface area contributed by atoms with Crippen LogP contribution in [0.5, 0.6) is 5.75 Å². The summed E-state index contributed by atoms with van der Waals surface area (Å²) in [5.74, 6) is 0.849. The Morgan fingerprint density at radius 2 is 2.07 bits per heavy atom. The highest BCUT2D eigenvalue weighted by molar-refractivity contribution is 8.00. The van der Waals surface area contributed by atoms with Crippen molar-refractivity contribution < 1.29 is 4.74 Å². The number of hydrogen-bond donors (Lipinski definition) is 0. The van der Waals surface area contributed by atoms with Crippen LogP contribution >= 0.6 is 11.8 Å². The van der Waals surface area contributed by atoms with Crippen LogP contribution in [-0.4, -0.2) is 16.3 Å². The highest BCUT2D eigenvalue weighted by Gasteiger charge is 2.12. The van der Waals surface area contributed by atoms with Gasteiger partial charge in [0.25, 0.3) is 0 Å². The van der Waals surface area contributed by atoms with E-state index in [2.05, 4.69) is 25.8 Å². The molecular formula is C11H17NOS. The first-order valence-electron chi connectivity index (χ1n) is 4.78. The molecule has 0 amide bonds. The summed E-state index contributed by atoms with van der Waals surface area (Å²) < 4.78 is 5.60. The van der Waals surface area contributed by atoms with Gasteiger partial charge < -0.3 is 4.74 Å². The zero-order valence-electron chi connectivity index (χ0n) is 9.20. The van der Waals surface area contributed by atoms with Gasteiger partial charge in [-0.25, -0.2) is 0 Å². The Bertz CT molecular complexity index is 294. The summed E-state index contributed by atoms with van der Waals surface area (Å²) in [6.07, 6.45) is 3.62. The Morgan fingerprint density at radius 3 is 2.64 bits per heavy atom. The fourth-order valence-electron chi connectivity index (χ4n) is 1.05. The van der Waals surface area contributed by atoms with E-state index in [0.717, 1.165) is 10.6 Å². The van der Waals surface area contributed by atoms with Gasteiger partial charge in [-0.05, 0) is 13.0 Å². The van der Waals surface area contributed by atoms with Gasteiger partial charge in [0, 0.05) is 15.8 Å². The van der Waals surface area contributed by atoms with Crippen LogP contribution in [0.4, 0.5) is 0 Å². The Morgan fingerprint density at radius 1 is 1.36 bits per heavy atom. The van der Waals surface area contributed by atoms with Gasteiger partial charge in [0.2, 0.25) is 0 Å². The van der Waals surface area contributed by atoms with E-state index in [1.807, 2.05) is 19.2 Å². The van der Waals surface area contributed by atoms with Crippen LogP contribution in [0.25, 0.3) is 0 Å². The molecule has 1 aromatic rings. The lowest BCUT2D eigenvalue weighted by Crippen LogP contribution is -2.06. The van der Waals surface area contributed by atoms with Gasteiger partial charge >= 0.3 is 0 Å². The molecule has 0 spiro atoms. The summed E-state index contributed by atoms with van der Waals surface area (Å²) in [5.41, 5.74) is 0. The van der Waals surface area contributed by atoms with Gasteiger partial charge in [-0.15, -0.1) is 11.8 Å². The van der Waals surface area contributed by atoms with E-state index >= 15 is 0 Å². The Labute approximate surface area is 90.1 Å². The van der Waals surface area contributed by atoms with Crippen molar-refractivity contribution in [2.45, 2.75) is 37.3 Å². The molecule has 0 saturated carbocycles. The highest BCUT2D eigenvalue weighted by Crippen LogP contribution is 2.32. The standard InChI is InChI=1S/C11H17NOS/c1-5-13-9-6-10(8-12-7-9)14-11(2,3)4/h6-8H,5H2,1-4H3. The molecule has 1 heterocycles. The van der Waals surface area contributed by atoms with Crippen LogP contribution in [0.1, 0.15) is 27.7 Å². The second-order valence-corrected chi connectivity index (χ2v) is 5.90. The van der Waals surface area contributed by atoms with Gasteiger partial charge in [-0.3, -0.25) is 4.98 Å². The molecule has 0 aliphatic rings. The summed E-state index contributed by atoms with van der Waals surface area (Å²) in [6, 6.07) is 2.03. The maximum atomic E-state index is 5.39. The minimum Gasteiger partial charge on any atom is -0.492 e. The lowest BCUT2D eigenvalue weighted by atomic mass is 10.3. The fourth-order valence-corrected chi connectivity index (χ4v) is 2.05. The topological polar surface area (TPSA) is 22.1 Å². The number of aromatic nitrogens is 1. The van der Waals surface area contributed by atoms with Crippen LogP contribution in [0.15, 0.2) is 23.4 Å². The van der Waals surface area contributed by atoms with E-state index < -0.39 is 0 Å². The second kappa shape index (κ2) is 4.69. The van der Waals surface area contributed by atoms with E-state index in [-0.39, 0.29) is 4.75 Å². The van der Waals surface area contributed by atoms with Crippen molar-refractivity contribution in [3.8, 4) is 5.75 Å². The van der Waals surface area contributed by atoms with E-state index in [1.54, 1.807) is 18.0 Å². The molecule has 1 aromatic heterocycles. The van der Waals surface area contributed by atoms with Crippen molar-refractivity contribution in [3.05, 3.63) is 18.5 Å². The monoisotopic (exact) mass is 211 g/mol. The SMILES string of the molecule is CCOc1cncc(SC(C)(C)C)c1. The number of nitrogens with zero attached hydrogens (tertiary/aromatic N) is 1. The van der Waals surface area contributed by atoms with Crippen LogP contribution < -0.4 is 4.74 Å². The molecule has 0 aromatic carbocycles. The third-order valence-electron chi connectivity index (χ3n) is 1.42. The molecule has 0 atom stereocenters. The highest BCUT2D eigenvalue weighted by atomic mass is 32.2. The largest absolute Gasteiger partial charge is 0.492 e. The minimum atomic E-state index is 0.215. The summed E-state index contributed by atoms with van der Waals surface area (Å²) in [4.78, 5) is 5.30. The Hall–Kier alpha value is -0.700. The number of rotatable bonds is 3. The summed E-state index contributed by atoms with van der Waals surface area (Å²) >= 11 is 1.80. The zero-order valence-corrected chi connectivity index (χ0v) is 10.0. The average molecular weight is 211 g/mol. The molecule has 14 heavy (non-hydrogen) atoms. The molecule has 0 aliphatic carbocycles. The number of pyridine rings is 1. The van der Waals surface area contributed by atoms with Crippen molar-refractivity contribution in [2.24, 2.45) is 0 Å². The van der Waals surface area contributed by atoms with Gasteiger partial charge in [0.1, 0.15) is 5.75 Å². The molecule has 0 saturated heterocycles. The molecule has 0 bridgehead atoms. The maximum absolute atomic E-state index is 5.39. The van der Waals surface area contributed by atoms with E-state index in [0.29, 0.717) is 6.61 Å². The van der Waals surface area contributed by atoms with Crippen molar-refractivity contribution in [1.82, 2.24) is 4.98 Å². The summed E-state index contributed by atoms with van der Waals surface area (Å²) in [7, 11) is 0. The zero-order chi connectivity index (χ0) is 10.6. The van der Waals surface area contributed by atoms with Crippen LogP contribution in [0.3, 0.4) is 0 Å². The summed E-state index contributed by atoms with van der Waals surface area (Å²) in [5, 5.41) is 0. The number of ether oxygens (including phenoxy) is 1. The molecule has 78 valence electrons. The predicted octanol–water partition coefficient (Wildman–Crippen LogP) is 3.37. The Kier molecular flexibility index (Phi) is 3.81. The molecule has 2 nitrogen and oxygen atoms in total. The first-order valence-corrected chi connectivity index (χ1v) is 5.60. The van der Waals surface area contributed by atoms with Crippen LogP contribution in [-0.2, 0) is 0 Å². The molecule has 0 aliphatic heterocycles. The smallest absolute Gasteiger partial charge is 0.138 e. The molecule has 0 N–H and O–H groups in total. The van der Waals surface area contributed by atoms with Gasteiger partial charge in [0.15, 0.2) is 0 Å². The van der Waals surface area contributed by atoms with E-state index in [9.17, 15) is 0 Å². The maximum Gasteiger partial charge on any atom is 0.138 e. The van der Waals surface area contributed by atoms with Crippen LogP contribution in [0.2, 0.25) is 0 Å². The fraction of sp³-hybridized carbons (Fsp3) is 0.545. The normalized spacial score (nSPS) is 11.4. The first-order chi connectivity index (χ1) is 6.51. The molecule has 0 unspecified atom stereocenters. The average Bonchev–Trinajstić information content (AvgIpc) is 2.02. The molecule has 3 heteroatoms. The van der Waals surface area contributed by atoms with Gasteiger partial charge in [-0.1, -0.05) is 20.8 Å².